The summed E-state index contributed by atoms with van der Waals surface area (Å²) >= 11 is 0. The van der Waals surface area contributed by atoms with Gasteiger partial charge in [0.25, 0.3) is 5.91 Å². The first-order valence-corrected chi connectivity index (χ1v) is 8.80. The number of nitrogens with zero attached hydrogens (tertiary/aromatic N) is 3. The monoisotopic (exact) mass is 368 g/mol. The Labute approximate surface area is 161 Å². The summed E-state index contributed by atoms with van der Waals surface area (Å²) in [7, 11) is 0. The van der Waals surface area contributed by atoms with Gasteiger partial charge in [0, 0.05) is 29.8 Å². The molecule has 4 rings (SSSR count). The normalized spacial score (nSPS) is 10.5. The number of anilines is 1. The minimum atomic E-state index is -0.224. The van der Waals surface area contributed by atoms with E-state index in [1.54, 1.807) is 24.4 Å². The number of rotatable bonds is 5. The molecule has 2 heterocycles. The zero-order valence-corrected chi connectivity index (χ0v) is 14.9. The Hall–Kier alpha value is -3.98. The number of furan rings is 1. The van der Waals surface area contributed by atoms with Gasteiger partial charge in [-0.3, -0.25) is 9.78 Å². The largest absolute Gasteiger partial charge is 0.461 e. The van der Waals surface area contributed by atoms with Crippen molar-refractivity contribution >= 4 is 22.7 Å². The van der Waals surface area contributed by atoms with E-state index >= 15 is 0 Å². The van der Waals surface area contributed by atoms with Gasteiger partial charge in [-0.2, -0.15) is 5.26 Å². The second-order valence-electron chi connectivity index (χ2n) is 6.32. The van der Waals surface area contributed by atoms with Gasteiger partial charge >= 0.3 is 0 Å². The van der Waals surface area contributed by atoms with Gasteiger partial charge in [0.05, 0.1) is 17.8 Å². The standard InChI is InChI=1S/C22H16N4O2/c23-13-16-4-8-20-18(11-16)12-19(28-20)7-3-15-1-5-17(6-2-15)22(27)26-21-14-24-9-10-25-21/h1-2,4-6,8-12,14H,3,7H2,(H,25,26,27). The molecule has 2 aromatic heterocycles. The van der Waals surface area contributed by atoms with Crippen LogP contribution in [-0.4, -0.2) is 15.9 Å². The van der Waals surface area contributed by atoms with Gasteiger partial charge in [-0.1, -0.05) is 12.1 Å². The minimum absolute atomic E-state index is 0.224. The summed E-state index contributed by atoms with van der Waals surface area (Å²) in [5.74, 6) is 1.06. The molecule has 0 bridgehead atoms. The average molecular weight is 368 g/mol. The van der Waals surface area contributed by atoms with Crippen LogP contribution < -0.4 is 5.32 Å². The molecular weight excluding hydrogens is 352 g/mol. The summed E-state index contributed by atoms with van der Waals surface area (Å²) in [5, 5.41) is 12.6. The number of carbonyl (C=O) groups excluding carboxylic acids is 1. The van der Waals surface area contributed by atoms with E-state index < -0.39 is 0 Å². The third-order valence-electron chi connectivity index (χ3n) is 4.38. The molecule has 0 fully saturated rings. The van der Waals surface area contributed by atoms with E-state index in [9.17, 15) is 4.79 Å². The minimum Gasteiger partial charge on any atom is -0.461 e. The summed E-state index contributed by atoms with van der Waals surface area (Å²) in [6, 6.07) is 16.9. The molecule has 0 atom stereocenters. The van der Waals surface area contributed by atoms with Crippen LogP contribution >= 0.6 is 0 Å². The molecule has 0 aliphatic rings. The first-order valence-electron chi connectivity index (χ1n) is 8.80. The Kier molecular flexibility index (Phi) is 4.81. The Morgan fingerprint density at radius 2 is 1.93 bits per heavy atom. The summed E-state index contributed by atoms with van der Waals surface area (Å²) in [6.07, 6.45) is 6.10. The van der Waals surface area contributed by atoms with Crippen LogP contribution in [0.25, 0.3) is 11.0 Å². The van der Waals surface area contributed by atoms with Gasteiger partial charge in [0.1, 0.15) is 11.3 Å². The van der Waals surface area contributed by atoms with Gasteiger partial charge < -0.3 is 9.73 Å². The smallest absolute Gasteiger partial charge is 0.256 e. The number of benzene rings is 2. The lowest BCUT2D eigenvalue weighted by Crippen LogP contribution is -2.13. The number of carbonyl (C=O) groups is 1. The lowest BCUT2D eigenvalue weighted by molar-refractivity contribution is 0.102. The number of nitriles is 1. The number of aromatic nitrogens is 2. The molecule has 6 heteroatoms. The number of fused-ring (bicyclic) bond motifs is 1. The molecule has 1 N–H and O–H groups in total. The second-order valence-corrected chi connectivity index (χ2v) is 6.32. The summed E-state index contributed by atoms with van der Waals surface area (Å²) in [5.41, 5.74) is 3.07. The third kappa shape index (κ3) is 3.89. The molecule has 0 saturated carbocycles. The van der Waals surface area contributed by atoms with E-state index in [1.807, 2.05) is 30.3 Å². The van der Waals surface area contributed by atoms with Gasteiger partial charge in [0.2, 0.25) is 0 Å². The van der Waals surface area contributed by atoms with Crippen molar-refractivity contribution in [1.82, 2.24) is 9.97 Å². The fourth-order valence-electron chi connectivity index (χ4n) is 2.93. The lowest BCUT2D eigenvalue weighted by Gasteiger charge is -2.05. The maximum absolute atomic E-state index is 12.2. The fraction of sp³-hybridized carbons (Fsp3) is 0.0909. The van der Waals surface area contributed by atoms with Crippen LogP contribution in [0, 0.1) is 11.3 Å². The van der Waals surface area contributed by atoms with E-state index in [0.717, 1.165) is 35.1 Å². The van der Waals surface area contributed by atoms with Crippen molar-refractivity contribution in [2.45, 2.75) is 12.8 Å². The molecule has 0 radical (unpaired) electrons. The first-order chi connectivity index (χ1) is 13.7. The maximum Gasteiger partial charge on any atom is 0.256 e. The molecule has 0 aliphatic heterocycles. The van der Waals surface area contributed by atoms with Crippen molar-refractivity contribution in [2.75, 3.05) is 5.32 Å². The van der Waals surface area contributed by atoms with Crippen LogP contribution in [0.4, 0.5) is 5.82 Å². The summed E-state index contributed by atoms with van der Waals surface area (Å²) in [4.78, 5) is 20.2. The van der Waals surface area contributed by atoms with Gasteiger partial charge in [0.15, 0.2) is 5.82 Å². The predicted octanol–water partition coefficient (Wildman–Crippen LogP) is 4.13. The predicted molar refractivity (Wildman–Crippen MR) is 105 cm³/mol. The Morgan fingerprint density at radius 1 is 1.07 bits per heavy atom. The van der Waals surface area contributed by atoms with E-state index in [1.165, 1.54) is 12.4 Å². The number of aryl methyl sites for hydroxylation is 2. The van der Waals surface area contributed by atoms with Crippen LogP contribution in [0.2, 0.25) is 0 Å². The number of hydrogen-bond donors (Lipinski definition) is 1. The highest BCUT2D eigenvalue weighted by Crippen LogP contribution is 2.22. The van der Waals surface area contributed by atoms with E-state index in [0.29, 0.717) is 16.9 Å². The SMILES string of the molecule is N#Cc1ccc2oc(CCc3ccc(C(=O)Nc4cnccn4)cc3)cc2c1. The highest BCUT2D eigenvalue weighted by molar-refractivity contribution is 6.03. The van der Waals surface area contributed by atoms with Gasteiger partial charge in [-0.05, 0) is 48.4 Å². The second kappa shape index (κ2) is 7.72. The van der Waals surface area contributed by atoms with E-state index in [-0.39, 0.29) is 5.91 Å². The lowest BCUT2D eigenvalue weighted by atomic mass is 10.1. The molecule has 2 aromatic carbocycles. The van der Waals surface area contributed by atoms with Crippen LogP contribution in [0.1, 0.15) is 27.2 Å². The quantitative estimate of drug-likeness (QED) is 0.572. The Morgan fingerprint density at radius 3 is 2.68 bits per heavy atom. The molecule has 1 amide bonds. The van der Waals surface area contributed by atoms with Crippen molar-refractivity contribution in [3.05, 3.63) is 89.6 Å². The van der Waals surface area contributed by atoms with Crippen molar-refractivity contribution < 1.29 is 9.21 Å². The van der Waals surface area contributed by atoms with Crippen molar-refractivity contribution in [3.63, 3.8) is 0 Å². The molecule has 0 unspecified atom stereocenters. The molecule has 4 aromatic rings. The highest BCUT2D eigenvalue weighted by atomic mass is 16.3. The number of nitrogens with one attached hydrogen (secondary N) is 1. The molecular formula is C22H16N4O2. The molecule has 136 valence electrons. The fourth-order valence-corrected chi connectivity index (χ4v) is 2.93. The number of hydrogen-bond acceptors (Lipinski definition) is 5. The Bertz CT molecular complexity index is 1160. The molecule has 0 spiro atoms. The third-order valence-corrected chi connectivity index (χ3v) is 4.38. The zero-order chi connectivity index (χ0) is 19.3. The van der Waals surface area contributed by atoms with E-state index in [4.69, 9.17) is 9.68 Å². The topological polar surface area (TPSA) is 91.8 Å². The van der Waals surface area contributed by atoms with Gasteiger partial charge in [-0.15, -0.1) is 0 Å². The van der Waals surface area contributed by atoms with E-state index in [2.05, 4.69) is 21.4 Å². The van der Waals surface area contributed by atoms with Crippen molar-refractivity contribution in [3.8, 4) is 6.07 Å². The molecule has 0 saturated heterocycles. The maximum atomic E-state index is 12.2. The van der Waals surface area contributed by atoms with Gasteiger partial charge in [-0.25, -0.2) is 4.98 Å². The highest BCUT2D eigenvalue weighted by Gasteiger charge is 2.08. The average Bonchev–Trinajstić information content (AvgIpc) is 3.15. The van der Waals surface area contributed by atoms with Crippen molar-refractivity contribution in [2.24, 2.45) is 0 Å². The zero-order valence-electron chi connectivity index (χ0n) is 14.9. The molecule has 28 heavy (non-hydrogen) atoms. The van der Waals surface area contributed by atoms with Crippen LogP contribution in [0.3, 0.4) is 0 Å². The summed E-state index contributed by atoms with van der Waals surface area (Å²) in [6.45, 7) is 0. The molecule has 6 nitrogen and oxygen atoms in total. The molecule has 0 aliphatic carbocycles. The van der Waals surface area contributed by atoms with Crippen molar-refractivity contribution in [1.29, 1.82) is 5.26 Å². The summed E-state index contributed by atoms with van der Waals surface area (Å²) < 4.78 is 5.83. The first kappa shape index (κ1) is 17.4. The van der Waals surface area contributed by atoms with Crippen LogP contribution in [0.15, 0.2) is 71.5 Å². The van der Waals surface area contributed by atoms with Crippen LogP contribution in [-0.2, 0) is 12.8 Å². The number of amides is 1. The Balaban J connectivity index is 1.39. The van der Waals surface area contributed by atoms with Crippen LogP contribution in [0.5, 0.6) is 0 Å².